The molecule has 2 aromatic rings. The summed E-state index contributed by atoms with van der Waals surface area (Å²) in [6.45, 7) is 0.190. The van der Waals surface area contributed by atoms with E-state index >= 15 is 0 Å². The van der Waals surface area contributed by atoms with Crippen LogP contribution in [0.5, 0.6) is 5.75 Å². The molecular weight excluding hydrogens is 353 g/mol. The van der Waals surface area contributed by atoms with Crippen molar-refractivity contribution in [3.63, 3.8) is 0 Å². The number of rotatable bonds is 5. The predicted octanol–water partition coefficient (Wildman–Crippen LogP) is 2.55. The van der Waals surface area contributed by atoms with Crippen molar-refractivity contribution in [2.75, 3.05) is 6.61 Å². The fraction of sp³-hybridized carbons (Fsp3) is 0.125. The summed E-state index contributed by atoms with van der Waals surface area (Å²) < 4.78 is 18.1. The first-order valence-electron chi connectivity index (χ1n) is 6.99. The van der Waals surface area contributed by atoms with Gasteiger partial charge < -0.3 is 10.1 Å². The van der Waals surface area contributed by atoms with E-state index in [9.17, 15) is 9.18 Å². The number of thiocarbonyl (C=S) groups is 1. The molecule has 0 saturated carbocycles. The van der Waals surface area contributed by atoms with Gasteiger partial charge in [-0.3, -0.25) is 15.6 Å². The molecular formula is C16H15ClFN3O2S. The molecule has 0 aromatic heterocycles. The number of carbonyl (C=O) groups is 1. The quantitative estimate of drug-likeness (QED) is 0.560. The Labute approximate surface area is 149 Å². The van der Waals surface area contributed by atoms with Gasteiger partial charge in [-0.05, 0) is 42.0 Å². The van der Waals surface area contributed by atoms with Crippen LogP contribution in [-0.4, -0.2) is 17.6 Å². The van der Waals surface area contributed by atoms with Crippen molar-refractivity contribution in [1.82, 2.24) is 16.2 Å². The summed E-state index contributed by atoms with van der Waals surface area (Å²) in [7, 11) is 0. The second kappa shape index (κ2) is 9.05. The minimum Gasteiger partial charge on any atom is -0.482 e. The molecule has 0 unspecified atom stereocenters. The number of hydrazine groups is 1. The van der Waals surface area contributed by atoms with E-state index in [-0.39, 0.29) is 17.5 Å². The summed E-state index contributed by atoms with van der Waals surface area (Å²) in [6, 6.07) is 12.9. The third kappa shape index (κ3) is 6.02. The highest BCUT2D eigenvalue weighted by Gasteiger charge is 2.05. The van der Waals surface area contributed by atoms with Gasteiger partial charge in [0.1, 0.15) is 11.6 Å². The molecule has 0 aliphatic carbocycles. The van der Waals surface area contributed by atoms with Gasteiger partial charge in [0.2, 0.25) is 0 Å². The van der Waals surface area contributed by atoms with Crippen LogP contribution in [0.15, 0.2) is 48.5 Å². The number of para-hydroxylation sites is 1. The second-order valence-corrected chi connectivity index (χ2v) is 5.52. The molecule has 0 heterocycles. The molecule has 8 heteroatoms. The zero-order valence-electron chi connectivity index (χ0n) is 12.5. The van der Waals surface area contributed by atoms with Gasteiger partial charge in [0.15, 0.2) is 11.7 Å². The van der Waals surface area contributed by atoms with Crippen molar-refractivity contribution in [1.29, 1.82) is 0 Å². The lowest BCUT2D eigenvalue weighted by atomic mass is 10.2. The van der Waals surface area contributed by atoms with E-state index in [0.29, 0.717) is 17.3 Å². The second-order valence-electron chi connectivity index (χ2n) is 4.70. The Bertz CT molecular complexity index is 713. The summed E-state index contributed by atoms with van der Waals surface area (Å²) in [4.78, 5) is 11.7. The van der Waals surface area contributed by atoms with Crippen LogP contribution < -0.4 is 20.9 Å². The smallest absolute Gasteiger partial charge is 0.276 e. The molecule has 0 aliphatic heterocycles. The van der Waals surface area contributed by atoms with Crippen LogP contribution in [0.4, 0.5) is 4.39 Å². The predicted molar refractivity (Wildman–Crippen MR) is 94.1 cm³/mol. The van der Waals surface area contributed by atoms with Crippen LogP contribution in [0, 0.1) is 5.82 Å². The first-order chi connectivity index (χ1) is 11.5. The van der Waals surface area contributed by atoms with E-state index in [1.54, 1.807) is 36.4 Å². The van der Waals surface area contributed by atoms with Gasteiger partial charge in [-0.25, -0.2) is 4.39 Å². The van der Waals surface area contributed by atoms with E-state index in [4.69, 9.17) is 28.6 Å². The van der Waals surface area contributed by atoms with Crippen molar-refractivity contribution >= 4 is 34.8 Å². The summed E-state index contributed by atoms with van der Waals surface area (Å²) in [5.74, 6) is -0.294. The lowest BCUT2D eigenvalue weighted by molar-refractivity contribution is -0.123. The van der Waals surface area contributed by atoms with E-state index in [1.807, 2.05) is 0 Å². The number of hydrogen-bond acceptors (Lipinski definition) is 3. The minimum absolute atomic E-state index is 0.211. The van der Waals surface area contributed by atoms with E-state index in [2.05, 4.69) is 16.2 Å². The highest BCUT2D eigenvalue weighted by atomic mass is 35.5. The average Bonchev–Trinajstić information content (AvgIpc) is 2.58. The zero-order valence-corrected chi connectivity index (χ0v) is 14.1. The molecule has 5 nitrogen and oxygen atoms in total. The van der Waals surface area contributed by atoms with E-state index in [1.165, 1.54) is 12.1 Å². The topological polar surface area (TPSA) is 62.4 Å². The fourth-order valence-corrected chi connectivity index (χ4v) is 2.01. The Balaban J connectivity index is 1.66. The molecule has 0 saturated heterocycles. The molecule has 0 radical (unpaired) electrons. The third-order valence-electron chi connectivity index (χ3n) is 2.88. The average molecular weight is 368 g/mol. The third-order valence-corrected chi connectivity index (χ3v) is 3.44. The molecule has 1 amide bonds. The lowest BCUT2D eigenvalue weighted by Gasteiger charge is -2.12. The van der Waals surface area contributed by atoms with Crippen LogP contribution in [-0.2, 0) is 11.3 Å². The maximum atomic E-state index is 12.8. The van der Waals surface area contributed by atoms with Gasteiger partial charge in [0.25, 0.3) is 5.91 Å². The Morgan fingerprint density at radius 3 is 2.54 bits per heavy atom. The van der Waals surface area contributed by atoms with Crippen LogP contribution in [0.3, 0.4) is 0 Å². The van der Waals surface area contributed by atoms with Crippen molar-refractivity contribution in [2.45, 2.75) is 6.54 Å². The Morgan fingerprint density at radius 1 is 1.12 bits per heavy atom. The van der Waals surface area contributed by atoms with Crippen LogP contribution in [0.2, 0.25) is 5.02 Å². The Hall–Kier alpha value is -2.38. The van der Waals surface area contributed by atoms with Crippen LogP contribution >= 0.6 is 23.8 Å². The monoisotopic (exact) mass is 367 g/mol. The normalized spacial score (nSPS) is 9.92. The molecule has 0 bridgehead atoms. The molecule has 2 rings (SSSR count). The molecule has 3 N–H and O–H groups in total. The largest absolute Gasteiger partial charge is 0.482 e. The Kier molecular flexibility index (Phi) is 6.77. The maximum absolute atomic E-state index is 12.8. The van der Waals surface area contributed by atoms with Gasteiger partial charge in [-0.1, -0.05) is 35.9 Å². The minimum atomic E-state index is -0.416. The summed E-state index contributed by atoms with van der Waals surface area (Å²) in [6.07, 6.45) is 0. The fourth-order valence-electron chi connectivity index (χ4n) is 1.70. The first-order valence-corrected chi connectivity index (χ1v) is 7.77. The highest BCUT2D eigenvalue weighted by Crippen LogP contribution is 2.22. The SMILES string of the molecule is O=C(COc1ccccc1Cl)NNC(=S)NCc1ccc(F)cc1. The van der Waals surface area contributed by atoms with Crippen molar-refractivity contribution < 1.29 is 13.9 Å². The molecule has 24 heavy (non-hydrogen) atoms. The molecule has 0 aliphatic rings. The number of carbonyl (C=O) groups excluding carboxylic acids is 1. The van der Waals surface area contributed by atoms with Crippen LogP contribution in [0.1, 0.15) is 5.56 Å². The number of benzene rings is 2. The molecule has 126 valence electrons. The number of ether oxygens (including phenoxy) is 1. The van der Waals surface area contributed by atoms with E-state index < -0.39 is 5.91 Å². The van der Waals surface area contributed by atoms with Gasteiger partial charge >= 0.3 is 0 Å². The highest BCUT2D eigenvalue weighted by molar-refractivity contribution is 7.80. The van der Waals surface area contributed by atoms with Gasteiger partial charge in [0.05, 0.1) is 5.02 Å². The zero-order chi connectivity index (χ0) is 17.4. The number of hydrogen-bond donors (Lipinski definition) is 3. The molecule has 2 aromatic carbocycles. The standard InChI is InChI=1S/C16H15ClFN3O2S/c17-13-3-1-2-4-14(13)23-10-15(22)20-21-16(24)19-9-11-5-7-12(18)8-6-11/h1-8H,9-10H2,(H,20,22)(H2,19,21,24). The van der Waals surface area contributed by atoms with Gasteiger partial charge in [-0.2, -0.15) is 0 Å². The number of nitrogens with one attached hydrogen (secondary N) is 3. The Morgan fingerprint density at radius 2 is 1.83 bits per heavy atom. The van der Waals surface area contributed by atoms with Crippen molar-refractivity contribution in [2.24, 2.45) is 0 Å². The first kappa shape index (κ1) is 18.0. The summed E-state index contributed by atoms with van der Waals surface area (Å²) in [5.41, 5.74) is 5.80. The molecule has 0 fully saturated rings. The maximum Gasteiger partial charge on any atom is 0.276 e. The molecule has 0 spiro atoms. The van der Waals surface area contributed by atoms with E-state index in [0.717, 1.165) is 5.56 Å². The summed E-state index contributed by atoms with van der Waals surface area (Å²) in [5, 5.41) is 3.53. The van der Waals surface area contributed by atoms with Gasteiger partial charge in [-0.15, -0.1) is 0 Å². The van der Waals surface area contributed by atoms with Crippen molar-refractivity contribution in [3.8, 4) is 5.75 Å². The molecule has 0 atom stereocenters. The summed E-state index contributed by atoms with van der Waals surface area (Å²) >= 11 is 10.9. The van der Waals surface area contributed by atoms with Crippen LogP contribution in [0.25, 0.3) is 0 Å². The van der Waals surface area contributed by atoms with Crippen molar-refractivity contribution in [3.05, 3.63) is 64.9 Å². The number of amides is 1. The number of halogens is 2. The van der Waals surface area contributed by atoms with Gasteiger partial charge in [0, 0.05) is 6.54 Å². The lowest BCUT2D eigenvalue weighted by Crippen LogP contribution is -2.48.